The highest BCUT2D eigenvalue weighted by atomic mass is 32.2. The molecule has 0 saturated carbocycles. The van der Waals surface area contributed by atoms with E-state index >= 15 is 0 Å². The van der Waals surface area contributed by atoms with Crippen molar-refractivity contribution in [2.75, 3.05) is 12.4 Å². The molecule has 22 heavy (non-hydrogen) atoms. The largest absolute Gasteiger partial charge is 0.444 e. The normalized spacial score (nSPS) is 18.7. The molecule has 5 nitrogen and oxygen atoms in total. The van der Waals surface area contributed by atoms with Crippen LogP contribution in [0.2, 0.25) is 0 Å². The first-order valence-corrected chi connectivity index (χ1v) is 8.86. The van der Waals surface area contributed by atoms with Gasteiger partial charge in [-0.15, -0.1) is 0 Å². The van der Waals surface area contributed by atoms with Gasteiger partial charge in [-0.1, -0.05) is 0 Å². The Balaban J connectivity index is 1.69. The number of oxazole rings is 1. The molecule has 0 spiro atoms. The van der Waals surface area contributed by atoms with Gasteiger partial charge >= 0.3 is 0 Å². The van der Waals surface area contributed by atoms with Gasteiger partial charge in [-0.25, -0.2) is 17.8 Å². The van der Waals surface area contributed by atoms with Crippen LogP contribution in [0.4, 0.5) is 4.39 Å². The molecule has 1 atom stereocenters. The molecule has 1 saturated heterocycles. The van der Waals surface area contributed by atoms with Crippen LogP contribution < -0.4 is 0 Å². The fourth-order valence-electron chi connectivity index (χ4n) is 2.44. The average Bonchev–Trinajstić information content (AvgIpc) is 3.10. The molecule has 2 aromatic rings. The third kappa shape index (κ3) is 3.72. The molecule has 1 aliphatic rings. The van der Waals surface area contributed by atoms with Crippen molar-refractivity contribution >= 4 is 9.84 Å². The maximum Gasteiger partial charge on any atom is 0.226 e. The predicted molar refractivity (Wildman–Crippen MR) is 78.4 cm³/mol. The first-order chi connectivity index (χ1) is 10.5. The zero-order chi connectivity index (χ0) is 15.6. The lowest BCUT2D eigenvalue weighted by Gasteiger charge is -2.08. The number of benzene rings is 1. The molecule has 118 valence electrons. The van der Waals surface area contributed by atoms with E-state index in [0.717, 1.165) is 12.8 Å². The Labute approximate surface area is 128 Å². The lowest BCUT2D eigenvalue weighted by molar-refractivity contribution is 0.127. The second-order valence-electron chi connectivity index (χ2n) is 5.34. The van der Waals surface area contributed by atoms with Gasteiger partial charge < -0.3 is 9.15 Å². The highest BCUT2D eigenvalue weighted by molar-refractivity contribution is 7.90. The number of hydrogen-bond donors (Lipinski definition) is 0. The molecule has 1 fully saturated rings. The summed E-state index contributed by atoms with van der Waals surface area (Å²) in [5.41, 5.74) is 0.946. The number of halogens is 1. The van der Waals surface area contributed by atoms with Gasteiger partial charge in [0, 0.05) is 12.2 Å². The summed E-state index contributed by atoms with van der Waals surface area (Å²) in [7, 11) is -3.30. The van der Waals surface area contributed by atoms with E-state index in [9.17, 15) is 12.8 Å². The smallest absolute Gasteiger partial charge is 0.226 e. The molecule has 1 aromatic carbocycles. The highest BCUT2D eigenvalue weighted by Crippen LogP contribution is 2.21. The first-order valence-electron chi connectivity index (χ1n) is 7.04. The first kappa shape index (κ1) is 15.2. The number of sulfone groups is 1. The van der Waals surface area contributed by atoms with Crippen molar-refractivity contribution in [1.29, 1.82) is 0 Å². The summed E-state index contributed by atoms with van der Waals surface area (Å²) in [6.45, 7) is 0.624. The minimum Gasteiger partial charge on any atom is -0.444 e. The maximum atomic E-state index is 12.9. The maximum absolute atomic E-state index is 12.9. The van der Waals surface area contributed by atoms with E-state index in [1.807, 2.05) is 0 Å². The molecule has 0 radical (unpaired) electrons. The van der Waals surface area contributed by atoms with Crippen molar-refractivity contribution in [2.45, 2.75) is 24.7 Å². The van der Waals surface area contributed by atoms with E-state index in [4.69, 9.17) is 9.15 Å². The van der Waals surface area contributed by atoms with Crippen LogP contribution in [-0.2, 0) is 20.3 Å². The van der Waals surface area contributed by atoms with E-state index in [1.54, 1.807) is 0 Å². The SMILES string of the molecule is O=S(=O)(Cc1coc(-c2ccc(F)cc2)n1)CC1CCCO1. The van der Waals surface area contributed by atoms with E-state index in [0.29, 0.717) is 17.9 Å². The van der Waals surface area contributed by atoms with Crippen molar-refractivity contribution in [3.63, 3.8) is 0 Å². The standard InChI is InChI=1S/C15H16FNO4S/c16-12-5-3-11(4-6-12)15-17-13(8-21-15)9-22(18,19)10-14-2-1-7-20-14/h3-6,8,14H,1-2,7,9-10H2. The Bertz CT molecular complexity index is 733. The van der Waals surface area contributed by atoms with Crippen molar-refractivity contribution in [3.05, 3.63) is 42.0 Å². The summed E-state index contributed by atoms with van der Waals surface area (Å²) >= 11 is 0. The van der Waals surface area contributed by atoms with Crippen LogP contribution in [0.5, 0.6) is 0 Å². The Hall–Kier alpha value is -1.73. The van der Waals surface area contributed by atoms with Crippen LogP contribution in [0.25, 0.3) is 11.5 Å². The Morgan fingerprint density at radius 3 is 2.73 bits per heavy atom. The van der Waals surface area contributed by atoms with Crippen LogP contribution in [0, 0.1) is 5.82 Å². The lowest BCUT2D eigenvalue weighted by atomic mass is 10.2. The van der Waals surface area contributed by atoms with Crippen LogP contribution >= 0.6 is 0 Å². The third-order valence-electron chi connectivity index (χ3n) is 3.47. The topological polar surface area (TPSA) is 69.4 Å². The molecule has 0 amide bonds. The number of nitrogens with zero attached hydrogens (tertiary/aromatic N) is 1. The molecule has 0 aliphatic carbocycles. The van der Waals surface area contributed by atoms with Crippen molar-refractivity contribution in [1.82, 2.24) is 4.98 Å². The molecule has 0 N–H and O–H groups in total. The van der Waals surface area contributed by atoms with Crippen LogP contribution in [0.15, 0.2) is 34.9 Å². The van der Waals surface area contributed by atoms with Crippen LogP contribution in [0.3, 0.4) is 0 Å². The zero-order valence-electron chi connectivity index (χ0n) is 11.9. The minimum absolute atomic E-state index is 0.00570. The predicted octanol–water partition coefficient (Wildman–Crippen LogP) is 2.57. The van der Waals surface area contributed by atoms with E-state index < -0.39 is 9.84 Å². The summed E-state index contributed by atoms with van der Waals surface area (Å²) in [5.74, 6) is -0.250. The van der Waals surface area contributed by atoms with Crippen LogP contribution in [0.1, 0.15) is 18.5 Å². The molecule has 1 unspecified atom stereocenters. The zero-order valence-corrected chi connectivity index (χ0v) is 12.7. The molecular weight excluding hydrogens is 309 g/mol. The fourth-order valence-corrected chi connectivity index (χ4v) is 3.97. The second-order valence-corrected chi connectivity index (χ2v) is 7.45. The number of ether oxygens (including phenoxy) is 1. The molecule has 1 aliphatic heterocycles. The molecular formula is C15H16FNO4S. The van der Waals surface area contributed by atoms with Gasteiger partial charge in [0.05, 0.1) is 23.3 Å². The lowest BCUT2D eigenvalue weighted by Crippen LogP contribution is -2.21. The summed E-state index contributed by atoms with van der Waals surface area (Å²) < 4.78 is 47.8. The van der Waals surface area contributed by atoms with Crippen molar-refractivity contribution in [2.24, 2.45) is 0 Å². The number of hydrogen-bond acceptors (Lipinski definition) is 5. The van der Waals surface area contributed by atoms with E-state index in [2.05, 4.69) is 4.98 Å². The van der Waals surface area contributed by atoms with E-state index in [1.165, 1.54) is 30.5 Å². The van der Waals surface area contributed by atoms with Gasteiger partial charge in [-0.2, -0.15) is 0 Å². The van der Waals surface area contributed by atoms with Crippen molar-refractivity contribution < 1.29 is 22.0 Å². The van der Waals surface area contributed by atoms with Gasteiger partial charge in [0.2, 0.25) is 5.89 Å². The average molecular weight is 325 g/mol. The number of aromatic nitrogens is 1. The Morgan fingerprint density at radius 2 is 2.05 bits per heavy atom. The van der Waals surface area contributed by atoms with E-state index in [-0.39, 0.29) is 29.3 Å². The van der Waals surface area contributed by atoms with Gasteiger partial charge in [0.1, 0.15) is 12.1 Å². The molecule has 2 heterocycles. The van der Waals surface area contributed by atoms with Gasteiger partial charge in [-0.3, -0.25) is 0 Å². The third-order valence-corrected chi connectivity index (χ3v) is 5.09. The monoisotopic (exact) mass is 325 g/mol. The van der Waals surface area contributed by atoms with Gasteiger partial charge in [0.15, 0.2) is 9.84 Å². The summed E-state index contributed by atoms with van der Waals surface area (Å²) in [4.78, 5) is 4.16. The van der Waals surface area contributed by atoms with Crippen LogP contribution in [-0.4, -0.2) is 31.9 Å². The molecule has 3 rings (SSSR count). The van der Waals surface area contributed by atoms with Gasteiger partial charge in [0.25, 0.3) is 0 Å². The molecule has 0 bridgehead atoms. The summed E-state index contributed by atoms with van der Waals surface area (Å²) in [6, 6.07) is 5.67. The Kier molecular flexibility index (Phi) is 4.26. The Morgan fingerprint density at radius 1 is 1.27 bits per heavy atom. The van der Waals surface area contributed by atoms with Crippen molar-refractivity contribution in [3.8, 4) is 11.5 Å². The minimum atomic E-state index is -3.30. The second kappa shape index (κ2) is 6.18. The highest BCUT2D eigenvalue weighted by Gasteiger charge is 2.24. The molecule has 7 heteroatoms. The molecule has 1 aromatic heterocycles. The quantitative estimate of drug-likeness (QED) is 0.845. The summed E-state index contributed by atoms with van der Waals surface area (Å²) in [5, 5.41) is 0. The number of rotatable bonds is 5. The summed E-state index contributed by atoms with van der Waals surface area (Å²) in [6.07, 6.45) is 2.79. The van der Waals surface area contributed by atoms with Gasteiger partial charge in [-0.05, 0) is 37.1 Å². The fraction of sp³-hybridized carbons (Fsp3) is 0.400.